The van der Waals surface area contributed by atoms with E-state index in [1.54, 1.807) is 0 Å². The normalized spacial score (nSPS) is 37.8. The van der Waals surface area contributed by atoms with Crippen LogP contribution in [0, 0.1) is 22.7 Å². The summed E-state index contributed by atoms with van der Waals surface area (Å²) < 4.78 is 0. The first-order valence-electron chi connectivity index (χ1n) is 7.65. The average Bonchev–Trinajstić information content (AvgIpc) is 2.73. The second-order valence-electron chi connectivity index (χ2n) is 8.04. The summed E-state index contributed by atoms with van der Waals surface area (Å²) in [5.74, 6) is 0.461. The van der Waals surface area contributed by atoms with Gasteiger partial charge in [0.05, 0.1) is 0 Å². The van der Waals surface area contributed by atoms with Crippen molar-refractivity contribution in [3.8, 4) is 0 Å². The van der Waals surface area contributed by atoms with E-state index in [1.165, 1.54) is 19.3 Å². The van der Waals surface area contributed by atoms with E-state index >= 15 is 0 Å². The van der Waals surface area contributed by atoms with Gasteiger partial charge in [-0.1, -0.05) is 34.6 Å². The Kier molecular flexibility index (Phi) is 3.72. The van der Waals surface area contributed by atoms with Crippen molar-refractivity contribution in [2.24, 2.45) is 22.7 Å². The second-order valence-corrected chi connectivity index (χ2v) is 8.04. The Labute approximate surface area is 117 Å². The van der Waals surface area contributed by atoms with Crippen LogP contribution in [0.1, 0.15) is 60.3 Å². The summed E-state index contributed by atoms with van der Waals surface area (Å²) in [5.41, 5.74) is 0.510. The highest BCUT2D eigenvalue weighted by Crippen LogP contribution is 2.62. The van der Waals surface area contributed by atoms with Gasteiger partial charge in [0.1, 0.15) is 6.04 Å². The predicted octanol–water partition coefficient (Wildman–Crippen LogP) is 3.29. The largest absolute Gasteiger partial charge is 0.480 e. The van der Waals surface area contributed by atoms with E-state index < -0.39 is 12.0 Å². The molecule has 2 rings (SSSR count). The molecular formula is C16H29NO2. The van der Waals surface area contributed by atoms with Gasteiger partial charge < -0.3 is 10.4 Å². The summed E-state index contributed by atoms with van der Waals surface area (Å²) in [7, 11) is 0. The SMILES string of the molecule is CC(C)CC(NC1C(C)(C)[C@H]2CC[C@]1(C)C2)C(=O)O. The van der Waals surface area contributed by atoms with Crippen LogP contribution in [0.4, 0.5) is 0 Å². The van der Waals surface area contributed by atoms with Gasteiger partial charge in [0.2, 0.25) is 0 Å². The quantitative estimate of drug-likeness (QED) is 0.803. The molecule has 0 aromatic heterocycles. The van der Waals surface area contributed by atoms with Crippen LogP contribution in [0.25, 0.3) is 0 Å². The molecule has 0 aromatic carbocycles. The number of hydrogen-bond acceptors (Lipinski definition) is 2. The molecule has 2 saturated carbocycles. The molecule has 4 atom stereocenters. The summed E-state index contributed by atoms with van der Waals surface area (Å²) >= 11 is 0. The standard InChI is InChI=1S/C16H29NO2/c1-10(2)8-12(13(18)19)17-14-15(3,4)11-6-7-16(14,5)9-11/h10-12,14,17H,6-9H2,1-5H3,(H,18,19)/t11-,12?,14?,16+/m0/s1. The number of aliphatic carboxylic acids is 1. The molecule has 0 heterocycles. The van der Waals surface area contributed by atoms with Crippen LogP contribution in [0.2, 0.25) is 0 Å². The van der Waals surface area contributed by atoms with Crippen LogP contribution < -0.4 is 5.32 Å². The first-order valence-corrected chi connectivity index (χ1v) is 7.65. The number of rotatable bonds is 5. The van der Waals surface area contributed by atoms with Crippen molar-refractivity contribution in [3.05, 3.63) is 0 Å². The maximum atomic E-state index is 11.5. The maximum Gasteiger partial charge on any atom is 0.320 e. The van der Waals surface area contributed by atoms with E-state index in [4.69, 9.17) is 0 Å². The summed E-state index contributed by atoms with van der Waals surface area (Å²) in [4.78, 5) is 11.5. The highest BCUT2D eigenvalue weighted by atomic mass is 16.4. The number of carboxylic acids is 1. The van der Waals surface area contributed by atoms with Crippen molar-refractivity contribution < 1.29 is 9.90 Å². The van der Waals surface area contributed by atoms with Crippen molar-refractivity contribution in [2.45, 2.75) is 72.4 Å². The minimum absolute atomic E-state index is 0.220. The summed E-state index contributed by atoms with van der Waals surface area (Å²) in [6.07, 6.45) is 4.52. The maximum absolute atomic E-state index is 11.5. The van der Waals surface area contributed by atoms with Crippen LogP contribution in [0.5, 0.6) is 0 Å². The van der Waals surface area contributed by atoms with E-state index in [0.717, 1.165) is 5.92 Å². The van der Waals surface area contributed by atoms with Crippen molar-refractivity contribution in [2.75, 3.05) is 0 Å². The molecule has 0 aromatic rings. The van der Waals surface area contributed by atoms with Crippen LogP contribution in [-0.2, 0) is 4.79 Å². The number of carbonyl (C=O) groups is 1. The lowest BCUT2D eigenvalue weighted by Crippen LogP contribution is -2.55. The first-order chi connectivity index (χ1) is 8.67. The summed E-state index contributed by atoms with van der Waals surface area (Å²) in [6, 6.07) is -0.0703. The highest BCUT2D eigenvalue weighted by Gasteiger charge is 2.59. The van der Waals surface area contributed by atoms with E-state index in [2.05, 4.69) is 39.9 Å². The second kappa shape index (κ2) is 4.76. The Bertz CT molecular complexity index is 359. The Morgan fingerprint density at radius 1 is 1.37 bits per heavy atom. The molecular weight excluding hydrogens is 238 g/mol. The molecule has 110 valence electrons. The third-order valence-electron chi connectivity index (χ3n) is 5.64. The fourth-order valence-corrected chi connectivity index (χ4v) is 4.63. The molecule has 0 aliphatic heterocycles. The molecule has 2 aliphatic carbocycles. The van der Waals surface area contributed by atoms with Gasteiger partial charge in [-0.15, -0.1) is 0 Å². The van der Waals surface area contributed by atoms with Gasteiger partial charge in [-0.05, 0) is 48.3 Å². The summed E-state index contributed by atoms with van der Waals surface area (Å²) in [5, 5.41) is 13.0. The van der Waals surface area contributed by atoms with Crippen molar-refractivity contribution in [3.63, 3.8) is 0 Å². The molecule has 2 fully saturated rings. The average molecular weight is 267 g/mol. The lowest BCUT2D eigenvalue weighted by Gasteiger charge is -2.44. The zero-order valence-corrected chi connectivity index (χ0v) is 13.0. The third-order valence-corrected chi connectivity index (χ3v) is 5.64. The topological polar surface area (TPSA) is 49.3 Å². The molecule has 3 nitrogen and oxygen atoms in total. The molecule has 19 heavy (non-hydrogen) atoms. The smallest absolute Gasteiger partial charge is 0.320 e. The zero-order chi connectivity index (χ0) is 14.4. The fraction of sp³-hybridized carbons (Fsp3) is 0.938. The zero-order valence-electron chi connectivity index (χ0n) is 13.0. The lowest BCUT2D eigenvalue weighted by molar-refractivity contribution is -0.140. The highest BCUT2D eigenvalue weighted by molar-refractivity contribution is 5.73. The molecule has 3 heteroatoms. The van der Waals surface area contributed by atoms with Crippen molar-refractivity contribution in [1.29, 1.82) is 0 Å². The van der Waals surface area contributed by atoms with Gasteiger partial charge in [0.15, 0.2) is 0 Å². The van der Waals surface area contributed by atoms with Gasteiger partial charge in [0, 0.05) is 6.04 Å². The molecule has 0 radical (unpaired) electrons. The third kappa shape index (κ3) is 2.54. The van der Waals surface area contributed by atoms with Crippen LogP contribution in [0.3, 0.4) is 0 Å². The predicted molar refractivity (Wildman–Crippen MR) is 77.0 cm³/mol. The Morgan fingerprint density at radius 2 is 2.00 bits per heavy atom. The van der Waals surface area contributed by atoms with Gasteiger partial charge >= 0.3 is 5.97 Å². The number of carboxylic acid groups (broad SMARTS) is 1. The lowest BCUT2D eigenvalue weighted by atomic mass is 9.68. The van der Waals surface area contributed by atoms with Gasteiger partial charge in [-0.2, -0.15) is 0 Å². The Hall–Kier alpha value is -0.570. The van der Waals surface area contributed by atoms with Gasteiger partial charge in [-0.3, -0.25) is 4.79 Å². The number of fused-ring (bicyclic) bond motifs is 2. The fourth-order valence-electron chi connectivity index (χ4n) is 4.63. The van der Waals surface area contributed by atoms with E-state index in [9.17, 15) is 9.90 Å². The van der Waals surface area contributed by atoms with Crippen molar-refractivity contribution >= 4 is 5.97 Å². The van der Waals surface area contributed by atoms with Crippen LogP contribution in [0.15, 0.2) is 0 Å². The molecule has 2 aliphatic rings. The minimum Gasteiger partial charge on any atom is -0.480 e. The molecule has 0 spiro atoms. The Balaban J connectivity index is 2.14. The van der Waals surface area contributed by atoms with E-state index in [0.29, 0.717) is 23.8 Å². The number of nitrogens with one attached hydrogen (secondary N) is 1. The molecule has 0 amide bonds. The molecule has 2 N–H and O–H groups in total. The van der Waals surface area contributed by atoms with Crippen LogP contribution >= 0.6 is 0 Å². The van der Waals surface area contributed by atoms with Gasteiger partial charge in [-0.25, -0.2) is 0 Å². The first kappa shape index (κ1) is 14.8. The van der Waals surface area contributed by atoms with Crippen molar-refractivity contribution in [1.82, 2.24) is 5.32 Å². The number of hydrogen-bond donors (Lipinski definition) is 2. The Morgan fingerprint density at radius 3 is 2.42 bits per heavy atom. The molecule has 2 unspecified atom stereocenters. The molecule has 2 bridgehead atoms. The minimum atomic E-state index is -0.698. The van der Waals surface area contributed by atoms with E-state index in [-0.39, 0.29) is 5.41 Å². The van der Waals surface area contributed by atoms with Gasteiger partial charge in [0.25, 0.3) is 0 Å². The van der Waals surface area contributed by atoms with Crippen LogP contribution in [-0.4, -0.2) is 23.2 Å². The van der Waals surface area contributed by atoms with E-state index in [1.807, 2.05) is 0 Å². The monoisotopic (exact) mass is 267 g/mol. The molecule has 0 saturated heterocycles. The summed E-state index contributed by atoms with van der Waals surface area (Å²) in [6.45, 7) is 11.1.